The number of ether oxygens (including phenoxy) is 1. The van der Waals surface area contributed by atoms with Crippen LogP contribution in [0.3, 0.4) is 0 Å². The van der Waals surface area contributed by atoms with Gasteiger partial charge in [-0.2, -0.15) is 0 Å². The van der Waals surface area contributed by atoms with E-state index in [2.05, 4.69) is 5.16 Å². The highest BCUT2D eigenvalue weighted by molar-refractivity contribution is 6.02. The van der Waals surface area contributed by atoms with Crippen molar-refractivity contribution >= 4 is 11.6 Å². The molecule has 1 aromatic rings. The molecule has 1 saturated heterocycles. The molecule has 1 aliphatic heterocycles. The van der Waals surface area contributed by atoms with Crippen molar-refractivity contribution in [1.82, 2.24) is 4.90 Å². The molecule has 1 unspecified atom stereocenters. The highest BCUT2D eigenvalue weighted by Gasteiger charge is 2.31. The Morgan fingerprint density at radius 2 is 2.26 bits per heavy atom. The van der Waals surface area contributed by atoms with Gasteiger partial charge in [0.25, 0.3) is 5.91 Å². The van der Waals surface area contributed by atoms with Gasteiger partial charge in [-0.05, 0) is 18.6 Å². The highest BCUT2D eigenvalue weighted by Crippen LogP contribution is 2.24. The van der Waals surface area contributed by atoms with Gasteiger partial charge in [0, 0.05) is 25.6 Å². The Bertz CT molecular complexity index is 499. The van der Waals surface area contributed by atoms with Crippen molar-refractivity contribution in [3.8, 4) is 5.75 Å². The van der Waals surface area contributed by atoms with E-state index in [4.69, 9.17) is 9.94 Å². The first-order valence-corrected chi connectivity index (χ1v) is 6.39. The van der Waals surface area contributed by atoms with Crippen molar-refractivity contribution in [3.63, 3.8) is 0 Å². The molecule has 0 spiro atoms. The lowest BCUT2D eigenvalue weighted by molar-refractivity contribution is -0.132. The zero-order valence-electron chi connectivity index (χ0n) is 11.2. The second-order valence-electron chi connectivity index (χ2n) is 4.55. The summed E-state index contributed by atoms with van der Waals surface area (Å²) in [6.45, 7) is 2.61. The maximum atomic E-state index is 11.9. The Balaban J connectivity index is 2.24. The number of likely N-dealkylation sites (tertiary alicyclic amines) is 1. The van der Waals surface area contributed by atoms with Crippen LogP contribution in [0.25, 0.3) is 0 Å². The minimum Gasteiger partial charge on any atom is -0.480 e. The lowest BCUT2D eigenvalue weighted by Crippen LogP contribution is -2.29. The molecule has 19 heavy (non-hydrogen) atoms. The molecule has 5 nitrogen and oxygen atoms in total. The van der Waals surface area contributed by atoms with Gasteiger partial charge in [-0.3, -0.25) is 4.79 Å². The number of carbonyl (C=O) groups excluding carboxylic acids is 1. The molecule has 2 rings (SSSR count). The van der Waals surface area contributed by atoms with Gasteiger partial charge in [-0.1, -0.05) is 24.2 Å². The lowest BCUT2D eigenvalue weighted by Gasteiger charge is -2.16. The standard InChI is InChI=1S/C14H18N2O3/c1-3-11(15-18)10-6-4-5-7-12(10)19-13-8-9-16(2)14(13)17/h4-7,13,18H,3,8-9H2,1-2H3. The van der Waals surface area contributed by atoms with Crippen LogP contribution in [0.15, 0.2) is 29.4 Å². The van der Waals surface area contributed by atoms with Gasteiger partial charge >= 0.3 is 0 Å². The van der Waals surface area contributed by atoms with E-state index in [1.54, 1.807) is 18.0 Å². The monoisotopic (exact) mass is 262 g/mol. The number of hydrogen-bond acceptors (Lipinski definition) is 4. The van der Waals surface area contributed by atoms with Gasteiger partial charge in [0.15, 0.2) is 6.10 Å². The summed E-state index contributed by atoms with van der Waals surface area (Å²) in [7, 11) is 1.77. The minimum atomic E-state index is -0.442. The zero-order valence-corrected chi connectivity index (χ0v) is 11.2. The van der Waals surface area contributed by atoms with E-state index < -0.39 is 6.10 Å². The van der Waals surface area contributed by atoms with Crippen molar-refractivity contribution in [3.05, 3.63) is 29.8 Å². The van der Waals surface area contributed by atoms with Gasteiger partial charge in [-0.25, -0.2) is 0 Å². The van der Waals surface area contributed by atoms with E-state index in [1.807, 2.05) is 25.1 Å². The first-order chi connectivity index (χ1) is 9.17. The van der Waals surface area contributed by atoms with Crippen LogP contribution in [-0.2, 0) is 4.79 Å². The number of amides is 1. The number of likely N-dealkylation sites (N-methyl/N-ethyl adjacent to an activating group) is 1. The number of nitrogens with zero attached hydrogens (tertiary/aromatic N) is 2. The highest BCUT2D eigenvalue weighted by atomic mass is 16.5. The summed E-state index contributed by atoms with van der Waals surface area (Å²) in [6, 6.07) is 7.32. The Labute approximate surface area is 112 Å². The molecule has 5 heteroatoms. The molecule has 1 fully saturated rings. The van der Waals surface area contributed by atoms with Crippen LogP contribution in [0.4, 0.5) is 0 Å². The Morgan fingerprint density at radius 1 is 1.53 bits per heavy atom. The molecule has 102 valence electrons. The third-order valence-corrected chi connectivity index (χ3v) is 3.30. The molecule has 0 saturated carbocycles. The van der Waals surface area contributed by atoms with Gasteiger partial charge in [0.1, 0.15) is 5.75 Å². The van der Waals surface area contributed by atoms with Crippen molar-refractivity contribution in [2.24, 2.45) is 5.16 Å². The van der Waals surface area contributed by atoms with Crippen molar-refractivity contribution in [2.75, 3.05) is 13.6 Å². The van der Waals surface area contributed by atoms with E-state index in [9.17, 15) is 4.79 Å². The minimum absolute atomic E-state index is 0.00575. The maximum absolute atomic E-state index is 11.9. The summed E-state index contributed by atoms with van der Waals surface area (Å²) in [5, 5.41) is 12.3. The second-order valence-corrected chi connectivity index (χ2v) is 4.55. The van der Waals surface area contributed by atoms with E-state index in [0.717, 1.165) is 5.56 Å². The summed E-state index contributed by atoms with van der Waals surface area (Å²) in [5.74, 6) is 0.583. The molecular weight excluding hydrogens is 244 g/mol. The average Bonchev–Trinajstić information content (AvgIpc) is 2.74. The zero-order chi connectivity index (χ0) is 13.8. The summed E-state index contributed by atoms with van der Waals surface area (Å²) < 4.78 is 5.79. The Morgan fingerprint density at radius 3 is 2.84 bits per heavy atom. The third-order valence-electron chi connectivity index (χ3n) is 3.30. The summed E-state index contributed by atoms with van der Waals surface area (Å²) >= 11 is 0. The molecule has 1 amide bonds. The summed E-state index contributed by atoms with van der Waals surface area (Å²) in [4.78, 5) is 13.5. The molecule has 1 atom stereocenters. The maximum Gasteiger partial charge on any atom is 0.263 e. The third kappa shape index (κ3) is 2.70. The summed E-state index contributed by atoms with van der Waals surface area (Å²) in [5.41, 5.74) is 1.28. The SMILES string of the molecule is CCC(=NO)c1ccccc1OC1CCN(C)C1=O. The molecular formula is C14H18N2O3. The fraction of sp³-hybridized carbons (Fsp3) is 0.429. The van der Waals surface area contributed by atoms with Crippen LogP contribution in [0, 0.1) is 0 Å². The van der Waals surface area contributed by atoms with Crippen LogP contribution < -0.4 is 4.74 Å². The van der Waals surface area contributed by atoms with Crippen LogP contribution in [-0.4, -0.2) is 41.4 Å². The fourth-order valence-corrected chi connectivity index (χ4v) is 2.18. The van der Waals surface area contributed by atoms with Crippen molar-refractivity contribution < 1.29 is 14.7 Å². The smallest absolute Gasteiger partial charge is 0.263 e. The average molecular weight is 262 g/mol. The molecule has 1 N–H and O–H groups in total. The molecule has 1 aliphatic rings. The lowest BCUT2D eigenvalue weighted by atomic mass is 10.1. The number of carbonyl (C=O) groups is 1. The predicted octanol–water partition coefficient (Wildman–Crippen LogP) is 1.88. The largest absolute Gasteiger partial charge is 0.480 e. The molecule has 1 aromatic carbocycles. The molecule has 0 aliphatic carbocycles. The van der Waals surface area contributed by atoms with Crippen LogP contribution in [0.5, 0.6) is 5.75 Å². The van der Waals surface area contributed by atoms with Crippen LogP contribution >= 0.6 is 0 Å². The van der Waals surface area contributed by atoms with Gasteiger partial charge in [0.05, 0.1) is 5.71 Å². The number of hydrogen-bond donors (Lipinski definition) is 1. The topological polar surface area (TPSA) is 62.1 Å². The van der Waals surface area contributed by atoms with Gasteiger partial charge in [-0.15, -0.1) is 0 Å². The predicted molar refractivity (Wildman–Crippen MR) is 71.7 cm³/mol. The van der Waals surface area contributed by atoms with Gasteiger partial charge < -0.3 is 14.8 Å². The summed E-state index contributed by atoms with van der Waals surface area (Å²) in [6.07, 6.45) is 0.833. The van der Waals surface area contributed by atoms with E-state index >= 15 is 0 Å². The van der Waals surface area contributed by atoms with E-state index in [1.165, 1.54) is 0 Å². The van der Waals surface area contributed by atoms with Crippen LogP contribution in [0.2, 0.25) is 0 Å². The van der Waals surface area contributed by atoms with Crippen molar-refractivity contribution in [2.45, 2.75) is 25.9 Å². The Hall–Kier alpha value is -2.04. The first kappa shape index (κ1) is 13.4. The van der Waals surface area contributed by atoms with Gasteiger partial charge in [0.2, 0.25) is 0 Å². The fourth-order valence-electron chi connectivity index (χ4n) is 2.18. The molecule has 0 bridgehead atoms. The van der Waals surface area contributed by atoms with Crippen LogP contribution in [0.1, 0.15) is 25.3 Å². The molecule has 0 radical (unpaired) electrons. The number of oxime groups is 1. The second kappa shape index (κ2) is 5.73. The number of rotatable bonds is 4. The normalized spacial score (nSPS) is 19.9. The quantitative estimate of drug-likeness (QED) is 0.512. The Kier molecular flexibility index (Phi) is 4.04. The first-order valence-electron chi connectivity index (χ1n) is 6.39. The molecule has 1 heterocycles. The van der Waals surface area contributed by atoms with E-state index in [0.29, 0.717) is 30.8 Å². The molecule has 0 aromatic heterocycles. The van der Waals surface area contributed by atoms with E-state index in [-0.39, 0.29) is 5.91 Å². The number of para-hydroxylation sites is 1. The number of benzene rings is 1. The van der Waals surface area contributed by atoms with Crippen molar-refractivity contribution in [1.29, 1.82) is 0 Å².